The fraction of sp³-hybridized carbons (Fsp3) is 0.0500. The lowest BCUT2D eigenvalue weighted by Gasteiger charge is -2.38. The van der Waals surface area contributed by atoms with Gasteiger partial charge in [0.25, 0.3) is 5.91 Å². The Kier molecular flexibility index (Phi) is 4.36. The van der Waals surface area contributed by atoms with Gasteiger partial charge >= 0.3 is 0 Å². The summed E-state index contributed by atoms with van der Waals surface area (Å²) >= 11 is 7.08. The van der Waals surface area contributed by atoms with Gasteiger partial charge in [-0.05, 0) is 48.0 Å². The maximum absolute atomic E-state index is 13.2. The molecule has 5 heteroatoms. The molecule has 0 saturated heterocycles. The summed E-state index contributed by atoms with van der Waals surface area (Å²) in [7, 11) is 0. The van der Waals surface area contributed by atoms with Gasteiger partial charge in [0.2, 0.25) is 0 Å². The van der Waals surface area contributed by atoms with Crippen molar-refractivity contribution in [3.05, 3.63) is 92.9 Å². The normalized spacial score (nSPS) is 16.3. The van der Waals surface area contributed by atoms with E-state index in [4.69, 9.17) is 0 Å². The zero-order valence-corrected chi connectivity index (χ0v) is 16.3. The fourth-order valence-electron chi connectivity index (χ4n) is 3.07. The number of nitrogens with zero attached hydrogens (tertiary/aromatic N) is 1. The van der Waals surface area contributed by atoms with Crippen LogP contribution in [-0.4, -0.2) is 5.91 Å². The second-order valence-corrected chi connectivity index (χ2v) is 7.64. The Morgan fingerprint density at radius 2 is 1.48 bits per heavy atom. The van der Waals surface area contributed by atoms with Crippen LogP contribution in [0.5, 0.6) is 0 Å². The van der Waals surface area contributed by atoms with Gasteiger partial charge in [0.05, 0.1) is 5.56 Å². The van der Waals surface area contributed by atoms with Crippen molar-refractivity contribution in [3.63, 3.8) is 0 Å². The quantitative estimate of drug-likeness (QED) is 0.513. The molecule has 1 aliphatic heterocycles. The summed E-state index contributed by atoms with van der Waals surface area (Å²) in [6, 6.07) is 23.4. The molecule has 3 nitrogen and oxygen atoms in total. The van der Waals surface area contributed by atoms with Gasteiger partial charge in [0, 0.05) is 20.3 Å². The van der Waals surface area contributed by atoms with Gasteiger partial charge in [0.1, 0.15) is 6.17 Å². The predicted molar refractivity (Wildman–Crippen MR) is 108 cm³/mol. The minimum atomic E-state index is -0.293. The molecule has 1 atom stereocenters. The van der Waals surface area contributed by atoms with Crippen molar-refractivity contribution in [1.82, 2.24) is 0 Å². The standard InChI is InChI=1S/C20H14Br2N2O/c21-14-10-13(11-15(22)12-14)19-23-18-9-5-4-8-17(18)20(25)24(19)16-6-2-1-3-7-16/h1-12,19,23H. The number of rotatable bonds is 2. The summed E-state index contributed by atoms with van der Waals surface area (Å²) in [6.07, 6.45) is -0.293. The first kappa shape index (κ1) is 16.4. The van der Waals surface area contributed by atoms with E-state index in [9.17, 15) is 4.79 Å². The Hall–Kier alpha value is -2.11. The molecule has 0 saturated carbocycles. The van der Waals surface area contributed by atoms with E-state index >= 15 is 0 Å². The third kappa shape index (κ3) is 3.10. The van der Waals surface area contributed by atoms with Crippen LogP contribution in [0.2, 0.25) is 0 Å². The zero-order chi connectivity index (χ0) is 17.4. The molecule has 1 heterocycles. The molecule has 0 spiro atoms. The lowest BCUT2D eigenvalue weighted by molar-refractivity contribution is 0.0975. The molecule has 4 rings (SSSR count). The number of carbonyl (C=O) groups excluding carboxylic acids is 1. The highest BCUT2D eigenvalue weighted by Crippen LogP contribution is 2.37. The van der Waals surface area contributed by atoms with Gasteiger partial charge < -0.3 is 5.32 Å². The van der Waals surface area contributed by atoms with Crippen LogP contribution in [0.25, 0.3) is 0 Å². The molecular weight excluding hydrogens is 444 g/mol. The minimum Gasteiger partial charge on any atom is -0.360 e. The monoisotopic (exact) mass is 456 g/mol. The van der Waals surface area contributed by atoms with Gasteiger partial charge in [0.15, 0.2) is 0 Å². The molecular formula is C20H14Br2N2O. The Morgan fingerprint density at radius 1 is 0.840 bits per heavy atom. The van der Waals surface area contributed by atoms with Crippen molar-refractivity contribution in [2.45, 2.75) is 6.17 Å². The van der Waals surface area contributed by atoms with Crippen molar-refractivity contribution in [1.29, 1.82) is 0 Å². The Labute approximate surface area is 162 Å². The lowest BCUT2D eigenvalue weighted by Crippen LogP contribution is -2.43. The summed E-state index contributed by atoms with van der Waals surface area (Å²) in [4.78, 5) is 15.0. The Bertz CT molecular complexity index is 923. The minimum absolute atomic E-state index is 0.0124. The SMILES string of the molecule is O=C1c2ccccc2NC(c2cc(Br)cc(Br)c2)N1c1ccccc1. The van der Waals surface area contributed by atoms with Crippen molar-refractivity contribution in [2.24, 2.45) is 0 Å². The van der Waals surface area contributed by atoms with Crippen molar-refractivity contribution >= 4 is 49.1 Å². The van der Waals surface area contributed by atoms with E-state index in [1.807, 2.05) is 72.8 Å². The van der Waals surface area contributed by atoms with E-state index in [1.165, 1.54) is 0 Å². The number of carbonyl (C=O) groups is 1. The molecule has 0 aliphatic carbocycles. The maximum Gasteiger partial charge on any atom is 0.262 e. The largest absolute Gasteiger partial charge is 0.360 e. The number of hydrogen-bond donors (Lipinski definition) is 1. The Morgan fingerprint density at radius 3 is 2.20 bits per heavy atom. The molecule has 1 amide bonds. The first-order valence-electron chi connectivity index (χ1n) is 7.83. The number of halogens is 2. The van der Waals surface area contributed by atoms with E-state index in [0.29, 0.717) is 5.56 Å². The zero-order valence-electron chi connectivity index (χ0n) is 13.1. The summed E-state index contributed by atoms with van der Waals surface area (Å²) in [5.41, 5.74) is 3.38. The maximum atomic E-state index is 13.2. The number of anilines is 2. The van der Waals surface area contributed by atoms with Crippen LogP contribution in [0.3, 0.4) is 0 Å². The fourth-order valence-corrected chi connectivity index (χ4v) is 4.40. The van der Waals surface area contributed by atoms with Crippen LogP contribution in [0, 0.1) is 0 Å². The first-order valence-corrected chi connectivity index (χ1v) is 9.42. The van der Waals surface area contributed by atoms with Gasteiger partial charge in [-0.1, -0.05) is 62.2 Å². The van der Waals surface area contributed by atoms with E-state index in [2.05, 4.69) is 37.2 Å². The van der Waals surface area contributed by atoms with Gasteiger partial charge in [-0.2, -0.15) is 0 Å². The molecule has 124 valence electrons. The molecule has 3 aromatic carbocycles. The average molecular weight is 458 g/mol. The number of nitrogens with one attached hydrogen (secondary N) is 1. The number of para-hydroxylation sites is 2. The van der Waals surface area contributed by atoms with E-state index in [0.717, 1.165) is 25.9 Å². The van der Waals surface area contributed by atoms with Gasteiger partial charge in [-0.25, -0.2) is 0 Å². The van der Waals surface area contributed by atoms with Crippen LogP contribution in [0.4, 0.5) is 11.4 Å². The van der Waals surface area contributed by atoms with Crippen molar-refractivity contribution in [3.8, 4) is 0 Å². The molecule has 1 N–H and O–H groups in total. The van der Waals surface area contributed by atoms with Crippen LogP contribution in [0.15, 0.2) is 81.7 Å². The summed E-state index contributed by atoms with van der Waals surface area (Å²) in [5.74, 6) is -0.0124. The summed E-state index contributed by atoms with van der Waals surface area (Å²) < 4.78 is 1.91. The van der Waals surface area contributed by atoms with Crippen LogP contribution in [-0.2, 0) is 0 Å². The van der Waals surface area contributed by atoms with Crippen LogP contribution < -0.4 is 10.2 Å². The molecule has 0 bridgehead atoms. The highest BCUT2D eigenvalue weighted by Gasteiger charge is 2.34. The molecule has 3 aromatic rings. The van der Waals surface area contributed by atoms with Crippen molar-refractivity contribution < 1.29 is 4.79 Å². The first-order chi connectivity index (χ1) is 12.1. The number of fused-ring (bicyclic) bond motifs is 1. The molecule has 1 aliphatic rings. The number of amides is 1. The molecule has 25 heavy (non-hydrogen) atoms. The second-order valence-electron chi connectivity index (χ2n) is 5.81. The molecule has 1 unspecified atom stereocenters. The lowest BCUT2D eigenvalue weighted by atomic mass is 10.0. The van der Waals surface area contributed by atoms with Gasteiger partial charge in [-0.15, -0.1) is 0 Å². The smallest absolute Gasteiger partial charge is 0.262 e. The second kappa shape index (κ2) is 6.65. The molecule has 0 radical (unpaired) electrons. The van der Waals surface area contributed by atoms with E-state index < -0.39 is 0 Å². The van der Waals surface area contributed by atoms with E-state index in [1.54, 1.807) is 4.90 Å². The Balaban J connectivity index is 1.89. The van der Waals surface area contributed by atoms with Crippen LogP contribution >= 0.6 is 31.9 Å². The van der Waals surface area contributed by atoms with Crippen molar-refractivity contribution in [2.75, 3.05) is 10.2 Å². The third-order valence-electron chi connectivity index (χ3n) is 4.16. The summed E-state index contributed by atoms with van der Waals surface area (Å²) in [5, 5.41) is 3.51. The van der Waals surface area contributed by atoms with E-state index in [-0.39, 0.29) is 12.1 Å². The predicted octanol–water partition coefficient (Wildman–Crippen LogP) is 5.98. The molecule has 0 fully saturated rings. The average Bonchev–Trinajstić information content (AvgIpc) is 2.61. The third-order valence-corrected chi connectivity index (χ3v) is 5.08. The highest BCUT2D eigenvalue weighted by molar-refractivity contribution is 9.11. The van der Waals surface area contributed by atoms with Gasteiger partial charge in [-0.3, -0.25) is 9.69 Å². The topological polar surface area (TPSA) is 32.3 Å². The number of benzene rings is 3. The summed E-state index contributed by atoms with van der Waals surface area (Å²) in [6.45, 7) is 0. The van der Waals surface area contributed by atoms with Crippen LogP contribution in [0.1, 0.15) is 22.1 Å². The molecule has 0 aromatic heterocycles. The number of hydrogen-bond acceptors (Lipinski definition) is 2. The highest BCUT2D eigenvalue weighted by atomic mass is 79.9.